The number of benzene rings is 1. The van der Waals surface area contributed by atoms with Crippen molar-refractivity contribution in [1.82, 2.24) is 15.3 Å². The maximum absolute atomic E-state index is 15.4. The Bertz CT molecular complexity index is 1210. The quantitative estimate of drug-likeness (QED) is 0.591. The van der Waals surface area contributed by atoms with Crippen LogP contribution in [0.25, 0.3) is 0 Å². The predicted octanol–water partition coefficient (Wildman–Crippen LogP) is 2.99. The molecular formula is C27H37FN6O3. The molecule has 200 valence electrons. The summed E-state index contributed by atoms with van der Waals surface area (Å²) in [7, 11) is 3.66. The largest absolute Gasteiger partial charge is 0.493 e. The van der Waals surface area contributed by atoms with Gasteiger partial charge < -0.3 is 29.9 Å². The number of hydrogen-bond acceptors (Lipinski definition) is 8. The molecule has 1 spiro atoms. The first-order valence-electron chi connectivity index (χ1n) is 13.1. The van der Waals surface area contributed by atoms with Gasteiger partial charge in [0, 0.05) is 51.4 Å². The number of rotatable bonds is 5. The monoisotopic (exact) mass is 512 g/mol. The summed E-state index contributed by atoms with van der Waals surface area (Å²) in [6, 6.07) is 3.02. The molecule has 0 radical (unpaired) electrons. The Morgan fingerprint density at radius 1 is 1.16 bits per heavy atom. The van der Waals surface area contributed by atoms with Gasteiger partial charge in [0.15, 0.2) is 0 Å². The van der Waals surface area contributed by atoms with Crippen molar-refractivity contribution < 1.29 is 19.0 Å². The number of aromatic hydroxyl groups is 1. The molecular weight excluding hydrogens is 475 g/mol. The third kappa shape index (κ3) is 4.45. The van der Waals surface area contributed by atoms with Gasteiger partial charge in [0.2, 0.25) is 17.7 Å². The fourth-order valence-electron chi connectivity index (χ4n) is 5.85. The van der Waals surface area contributed by atoms with Gasteiger partial charge in [0.05, 0.1) is 16.7 Å². The van der Waals surface area contributed by atoms with Crippen LogP contribution in [0.15, 0.2) is 12.1 Å². The van der Waals surface area contributed by atoms with Gasteiger partial charge in [-0.05, 0) is 58.6 Å². The molecule has 3 aliphatic heterocycles. The Hall–Kier alpha value is -3.14. The summed E-state index contributed by atoms with van der Waals surface area (Å²) in [5, 5.41) is 13.9. The van der Waals surface area contributed by atoms with E-state index in [-0.39, 0.29) is 23.1 Å². The molecule has 0 unspecified atom stereocenters. The van der Waals surface area contributed by atoms with E-state index in [0.29, 0.717) is 62.0 Å². The summed E-state index contributed by atoms with van der Waals surface area (Å²) in [4.78, 5) is 28.3. The van der Waals surface area contributed by atoms with Gasteiger partial charge in [0.25, 0.3) is 0 Å². The fourth-order valence-corrected chi connectivity index (χ4v) is 5.85. The molecule has 1 saturated heterocycles. The first kappa shape index (κ1) is 25.5. The number of anilines is 3. The van der Waals surface area contributed by atoms with Crippen LogP contribution in [0.1, 0.15) is 51.2 Å². The molecule has 3 aliphatic rings. The van der Waals surface area contributed by atoms with Crippen LogP contribution in [0, 0.1) is 5.82 Å². The maximum Gasteiger partial charge on any atom is 0.237 e. The molecule has 0 bridgehead atoms. The van der Waals surface area contributed by atoms with E-state index >= 15 is 4.39 Å². The van der Waals surface area contributed by atoms with Crippen molar-refractivity contribution in [3.63, 3.8) is 0 Å². The molecule has 5 rings (SSSR count). The molecule has 10 heteroatoms. The van der Waals surface area contributed by atoms with E-state index in [4.69, 9.17) is 9.72 Å². The van der Waals surface area contributed by atoms with E-state index in [0.717, 1.165) is 30.8 Å². The zero-order valence-electron chi connectivity index (χ0n) is 22.4. The second kappa shape index (κ2) is 9.31. The van der Waals surface area contributed by atoms with Crippen molar-refractivity contribution >= 4 is 23.4 Å². The minimum absolute atomic E-state index is 0.0163. The summed E-state index contributed by atoms with van der Waals surface area (Å²) in [5.74, 6) is 1.24. The highest BCUT2D eigenvalue weighted by molar-refractivity contribution is 6.09. The number of likely N-dealkylation sites (N-methyl/N-ethyl adjacent to an activating group) is 1. The summed E-state index contributed by atoms with van der Waals surface area (Å²) < 4.78 is 21.4. The number of aromatic nitrogens is 2. The normalized spacial score (nSPS) is 18.9. The van der Waals surface area contributed by atoms with Crippen molar-refractivity contribution in [1.29, 1.82) is 0 Å². The molecule has 0 atom stereocenters. The second-order valence-electron chi connectivity index (χ2n) is 11.4. The molecule has 1 aromatic carbocycles. The first-order valence-corrected chi connectivity index (χ1v) is 13.1. The molecule has 0 saturated carbocycles. The molecule has 1 aromatic heterocycles. The molecule has 0 aliphatic carbocycles. The number of nitrogens with one attached hydrogen (secondary N) is 1. The summed E-state index contributed by atoms with van der Waals surface area (Å²) in [5.41, 5.74) is 0.737. The number of ether oxygens (including phenoxy) is 1. The summed E-state index contributed by atoms with van der Waals surface area (Å²) in [6.45, 7) is 9.11. The van der Waals surface area contributed by atoms with Crippen molar-refractivity contribution in [2.75, 3.05) is 61.6 Å². The van der Waals surface area contributed by atoms with E-state index in [9.17, 15) is 9.90 Å². The topological polar surface area (TPSA) is 94.1 Å². The lowest BCUT2D eigenvalue weighted by molar-refractivity contribution is -0.123. The second-order valence-corrected chi connectivity index (χ2v) is 11.4. The van der Waals surface area contributed by atoms with Crippen LogP contribution in [0.4, 0.5) is 21.8 Å². The molecule has 2 N–H and O–H groups in total. The minimum Gasteiger partial charge on any atom is -0.493 e. The Labute approximate surface area is 217 Å². The molecule has 1 amide bonds. The maximum atomic E-state index is 15.4. The van der Waals surface area contributed by atoms with Crippen molar-refractivity contribution in [3.05, 3.63) is 29.1 Å². The van der Waals surface area contributed by atoms with Crippen LogP contribution in [0.3, 0.4) is 0 Å². The van der Waals surface area contributed by atoms with E-state index in [1.54, 1.807) is 18.0 Å². The Balaban J connectivity index is 1.38. The zero-order chi connectivity index (χ0) is 26.5. The van der Waals surface area contributed by atoms with Crippen LogP contribution >= 0.6 is 0 Å². The number of carbonyl (C=O) groups excluding carboxylic acids is 1. The average Bonchev–Trinajstić information content (AvgIpc) is 3.06. The lowest BCUT2D eigenvalue weighted by Crippen LogP contribution is -2.49. The highest BCUT2D eigenvalue weighted by atomic mass is 19.1. The van der Waals surface area contributed by atoms with Crippen molar-refractivity contribution in [2.45, 2.75) is 57.4 Å². The highest BCUT2D eigenvalue weighted by Gasteiger charge is 2.54. The molecule has 4 heterocycles. The van der Waals surface area contributed by atoms with E-state index in [1.807, 2.05) is 16.8 Å². The number of fused-ring (bicyclic) bond motifs is 3. The number of piperidine rings is 1. The van der Waals surface area contributed by atoms with Crippen LogP contribution in [0.2, 0.25) is 0 Å². The summed E-state index contributed by atoms with van der Waals surface area (Å²) in [6.07, 6.45) is 2.55. The van der Waals surface area contributed by atoms with Gasteiger partial charge in [-0.25, -0.2) is 4.39 Å². The van der Waals surface area contributed by atoms with Gasteiger partial charge in [-0.3, -0.25) is 4.79 Å². The first-order chi connectivity index (χ1) is 17.5. The van der Waals surface area contributed by atoms with Crippen molar-refractivity contribution in [3.8, 4) is 11.6 Å². The SMILES string of the molecule is CN1CCCc2c(O)nc(N3CCC4(CC3)C(=O)N(C)c3c(OCCNC(C)(C)C)ccc(F)c34)nc21. The number of carbonyl (C=O) groups is 1. The lowest BCUT2D eigenvalue weighted by atomic mass is 9.73. The molecule has 9 nitrogen and oxygen atoms in total. The van der Waals surface area contributed by atoms with Gasteiger partial charge in [-0.1, -0.05) is 0 Å². The van der Waals surface area contributed by atoms with Crippen LogP contribution < -0.4 is 24.8 Å². The number of halogens is 1. The number of hydrogen-bond donors (Lipinski definition) is 2. The van der Waals surface area contributed by atoms with Crippen molar-refractivity contribution in [2.24, 2.45) is 0 Å². The Kier molecular flexibility index (Phi) is 6.42. The predicted molar refractivity (Wildman–Crippen MR) is 141 cm³/mol. The van der Waals surface area contributed by atoms with Crippen LogP contribution in [-0.4, -0.2) is 73.4 Å². The van der Waals surface area contributed by atoms with Gasteiger partial charge in [-0.2, -0.15) is 9.97 Å². The lowest BCUT2D eigenvalue weighted by Gasteiger charge is -2.39. The average molecular weight is 513 g/mol. The third-order valence-electron chi connectivity index (χ3n) is 7.77. The fraction of sp³-hybridized carbons (Fsp3) is 0.593. The van der Waals surface area contributed by atoms with Crippen LogP contribution in [0.5, 0.6) is 11.6 Å². The zero-order valence-corrected chi connectivity index (χ0v) is 22.4. The minimum atomic E-state index is -0.958. The number of amides is 1. The standard InChI is InChI=1S/C27H37FN6O3/c1-26(2,3)29-12-16-37-19-9-8-18(28)20-21(19)33(5)24(36)27(20)10-14-34(15-11-27)25-30-22-17(23(35)31-25)7-6-13-32(22)4/h8-9,29H,6-7,10-16H2,1-5H3,(H,30,31,35). The molecule has 37 heavy (non-hydrogen) atoms. The molecule has 2 aromatic rings. The van der Waals surface area contributed by atoms with E-state index in [2.05, 4.69) is 31.1 Å². The van der Waals surface area contributed by atoms with Crippen LogP contribution in [-0.2, 0) is 16.6 Å². The van der Waals surface area contributed by atoms with E-state index < -0.39 is 5.41 Å². The molecule has 1 fully saturated rings. The number of nitrogens with zero attached hydrogens (tertiary/aromatic N) is 5. The van der Waals surface area contributed by atoms with Gasteiger partial charge in [0.1, 0.15) is 24.0 Å². The summed E-state index contributed by atoms with van der Waals surface area (Å²) >= 11 is 0. The highest BCUT2D eigenvalue weighted by Crippen LogP contribution is 2.52. The Morgan fingerprint density at radius 3 is 2.59 bits per heavy atom. The van der Waals surface area contributed by atoms with Gasteiger partial charge in [-0.15, -0.1) is 0 Å². The van der Waals surface area contributed by atoms with Gasteiger partial charge >= 0.3 is 0 Å². The Morgan fingerprint density at radius 2 is 1.89 bits per heavy atom. The third-order valence-corrected chi connectivity index (χ3v) is 7.77. The smallest absolute Gasteiger partial charge is 0.237 e. The van der Waals surface area contributed by atoms with E-state index in [1.165, 1.54) is 6.07 Å².